The van der Waals surface area contributed by atoms with E-state index in [4.69, 9.17) is 0 Å². The van der Waals surface area contributed by atoms with Crippen LogP contribution in [0.1, 0.15) is 32.7 Å². The number of pyridine rings is 1. The first-order valence-corrected chi connectivity index (χ1v) is 9.12. The Balaban J connectivity index is 1.46. The second-order valence-electron chi connectivity index (χ2n) is 7.09. The number of benzene rings is 1. The van der Waals surface area contributed by atoms with Gasteiger partial charge < -0.3 is 15.2 Å². The summed E-state index contributed by atoms with van der Waals surface area (Å²) in [7, 11) is 2.10. The number of amides is 1. The average Bonchev–Trinajstić information content (AvgIpc) is 2.96. The van der Waals surface area contributed by atoms with E-state index in [1.807, 2.05) is 12.3 Å². The highest BCUT2D eigenvalue weighted by atomic mass is 16.1. The Morgan fingerprint density at radius 2 is 2.15 bits per heavy atom. The summed E-state index contributed by atoms with van der Waals surface area (Å²) in [6.45, 7) is 4.54. The predicted octanol–water partition coefficient (Wildman–Crippen LogP) is 2.83. The van der Waals surface area contributed by atoms with Crippen molar-refractivity contribution >= 4 is 16.8 Å². The molecule has 4 rings (SSSR count). The minimum absolute atomic E-state index is 0.0172. The number of likely N-dealkylation sites (N-methyl/N-ethyl adjacent to an activating group) is 1. The lowest BCUT2D eigenvalue weighted by atomic mass is 9.97. The molecule has 134 valence electrons. The van der Waals surface area contributed by atoms with E-state index in [9.17, 15) is 4.79 Å². The van der Waals surface area contributed by atoms with E-state index in [2.05, 4.69) is 52.4 Å². The number of para-hydroxylation sites is 1. The van der Waals surface area contributed by atoms with Gasteiger partial charge in [-0.1, -0.05) is 18.2 Å². The Bertz CT molecular complexity index is 960. The molecule has 3 heterocycles. The molecule has 0 bridgehead atoms. The van der Waals surface area contributed by atoms with Crippen LogP contribution in [0.25, 0.3) is 10.9 Å². The third kappa shape index (κ3) is 3.10. The molecule has 1 amide bonds. The van der Waals surface area contributed by atoms with Gasteiger partial charge in [-0.2, -0.15) is 0 Å². The molecule has 0 unspecified atom stereocenters. The molecule has 2 aromatic heterocycles. The zero-order valence-electron chi connectivity index (χ0n) is 15.3. The van der Waals surface area contributed by atoms with Gasteiger partial charge in [0.25, 0.3) is 5.91 Å². The second-order valence-corrected chi connectivity index (χ2v) is 7.09. The monoisotopic (exact) mass is 348 g/mol. The summed E-state index contributed by atoms with van der Waals surface area (Å²) in [5, 5.41) is 4.32. The van der Waals surface area contributed by atoms with Gasteiger partial charge in [0.1, 0.15) is 0 Å². The zero-order valence-corrected chi connectivity index (χ0v) is 15.3. The normalized spacial score (nSPS) is 14.4. The fraction of sp³-hybridized carbons (Fsp3) is 0.333. The van der Waals surface area contributed by atoms with Crippen LogP contribution in [-0.2, 0) is 19.4 Å². The predicted molar refractivity (Wildman–Crippen MR) is 103 cm³/mol. The molecule has 0 saturated carbocycles. The van der Waals surface area contributed by atoms with Crippen LogP contribution in [0.4, 0.5) is 0 Å². The first-order chi connectivity index (χ1) is 12.6. The van der Waals surface area contributed by atoms with Gasteiger partial charge in [0.2, 0.25) is 0 Å². The SMILES string of the molecule is Cc1[nH]c2ccccc2c1CCNC(=O)c1cncc2c1CCN(C)C2. The number of nitrogens with zero attached hydrogens (tertiary/aromatic N) is 2. The van der Waals surface area contributed by atoms with Crippen molar-refractivity contribution in [2.24, 2.45) is 0 Å². The number of aryl methyl sites for hydroxylation is 1. The Labute approximate surface area is 153 Å². The summed E-state index contributed by atoms with van der Waals surface area (Å²) in [6, 6.07) is 8.30. The zero-order chi connectivity index (χ0) is 18.1. The molecule has 0 atom stereocenters. The van der Waals surface area contributed by atoms with Crippen molar-refractivity contribution in [3.05, 3.63) is 64.6 Å². The number of carbonyl (C=O) groups excluding carboxylic acids is 1. The number of fused-ring (bicyclic) bond motifs is 2. The molecular weight excluding hydrogens is 324 g/mol. The third-order valence-corrected chi connectivity index (χ3v) is 5.26. The van der Waals surface area contributed by atoms with E-state index in [-0.39, 0.29) is 5.91 Å². The second kappa shape index (κ2) is 6.92. The van der Waals surface area contributed by atoms with Gasteiger partial charge in [-0.15, -0.1) is 0 Å². The lowest BCUT2D eigenvalue weighted by Crippen LogP contribution is -2.31. The van der Waals surface area contributed by atoms with Gasteiger partial charge in [0.15, 0.2) is 0 Å². The van der Waals surface area contributed by atoms with E-state index in [0.717, 1.165) is 42.6 Å². The van der Waals surface area contributed by atoms with Gasteiger partial charge in [0, 0.05) is 48.6 Å². The largest absolute Gasteiger partial charge is 0.358 e. The third-order valence-electron chi connectivity index (χ3n) is 5.26. The highest BCUT2D eigenvalue weighted by Crippen LogP contribution is 2.23. The summed E-state index contributed by atoms with van der Waals surface area (Å²) in [4.78, 5) is 22.6. The number of rotatable bonds is 4. The Hall–Kier alpha value is -2.66. The van der Waals surface area contributed by atoms with Gasteiger partial charge >= 0.3 is 0 Å². The quantitative estimate of drug-likeness (QED) is 0.762. The number of H-pyrrole nitrogens is 1. The summed E-state index contributed by atoms with van der Waals surface area (Å²) in [5.41, 5.74) is 6.64. The summed E-state index contributed by atoms with van der Waals surface area (Å²) < 4.78 is 0. The smallest absolute Gasteiger partial charge is 0.253 e. The standard InChI is InChI=1S/C21H24N4O/c1-14-16(18-5-3-4-6-20(18)24-14)7-9-23-21(26)19-12-22-11-15-13-25(2)10-8-17(15)19/h3-6,11-12,24H,7-10,13H2,1-2H3,(H,23,26). The van der Waals surface area contributed by atoms with Crippen molar-refractivity contribution in [3.8, 4) is 0 Å². The lowest BCUT2D eigenvalue weighted by molar-refractivity contribution is 0.0952. The van der Waals surface area contributed by atoms with Crippen molar-refractivity contribution in [2.45, 2.75) is 26.3 Å². The molecule has 26 heavy (non-hydrogen) atoms. The van der Waals surface area contributed by atoms with Gasteiger partial charge in [-0.05, 0) is 49.6 Å². The van der Waals surface area contributed by atoms with Crippen LogP contribution in [0.2, 0.25) is 0 Å². The van der Waals surface area contributed by atoms with Crippen molar-refractivity contribution in [1.29, 1.82) is 0 Å². The Morgan fingerprint density at radius 3 is 3.04 bits per heavy atom. The molecule has 0 aliphatic carbocycles. The van der Waals surface area contributed by atoms with E-state index in [1.165, 1.54) is 22.2 Å². The summed E-state index contributed by atoms with van der Waals surface area (Å²) >= 11 is 0. The number of aromatic nitrogens is 2. The van der Waals surface area contributed by atoms with Crippen molar-refractivity contribution in [1.82, 2.24) is 20.2 Å². The maximum atomic E-state index is 12.7. The maximum absolute atomic E-state index is 12.7. The highest BCUT2D eigenvalue weighted by molar-refractivity contribution is 5.95. The molecule has 0 spiro atoms. The lowest BCUT2D eigenvalue weighted by Gasteiger charge is -2.26. The molecule has 0 saturated heterocycles. The molecule has 1 aliphatic rings. The van der Waals surface area contributed by atoms with Crippen LogP contribution in [0, 0.1) is 6.92 Å². The number of aromatic amines is 1. The molecule has 5 nitrogen and oxygen atoms in total. The fourth-order valence-electron chi connectivity index (χ4n) is 3.88. The van der Waals surface area contributed by atoms with Gasteiger partial charge in [0.05, 0.1) is 5.56 Å². The van der Waals surface area contributed by atoms with E-state index >= 15 is 0 Å². The molecule has 5 heteroatoms. The van der Waals surface area contributed by atoms with Crippen molar-refractivity contribution in [3.63, 3.8) is 0 Å². The minimum Gasteiger partial charge on any atom is -0.358 e. The van der Waals surface area contributed by atoms with Crippen LogP contribution < -0.4 is 5.32 Å². The van der Waals surface area contributed by atoms with Crippen LogP contribution in [0.5, 0.6) is 0 Å². The van der Waals surface area contributed by atoms with Crippen LogP contribution in [0.3, 0.4) is 0 Å². The van der Waals surface area contributed by atoms with Crippen molar-refractivity contribution in [2.75, 3.05) is 20.1 Å². The molecule has 2 N–H and O–H groups in total. The first-order valence-electron chi connectivity index (χ1n) is 9.12. The molecule has 1 aromatic carbocycles. The first kappa shape index (κ1) is 16.8. The number of hydrogen-bond donors (Lipinski definition) is 2. The van der Waals surface area contributed by atoms with Crippen LogP contribution >= 0.6 is 0 Å². The van der Waals surface area contributed by atoms with Crippen LogP contribution in [0.15, 0.2) is 36.7 Å². The molecule has 0 radical (unpaired) electrons. The number of carbonyl (C=O) groups is 1. The fourth-order valence-corrected chi connectivity index (χ4v) is 3.88. The highest BCUT2D eigenvalue weighted by Gasteiger charge is 2.20. The Kier molecular flexibility index (Phi) is 4.47. The molecule has 0 fully saturated rings. The number of hydrogen-bond acceptors (Lipinski definition) is 3. The topological polar surface area (TPSA) is 61.0 Å². The van der Waals surface area contributed by atoms with Gasteiger partial charge in [-0.25, -0.2) is 0 Å². The summed E-state index contributed by atoms with van der Waals surface area (Å²) in [6.07, 6.45) is 5.30. The Morgan fingerprint density at radius 1 is 1.31 bits per heavy atom. The molecular formula is C21H24N4O. The maximum Gasteiger partial charge on any atom is 0.253 e. The summed E-state index contributed by atoms with van der Waals surface area (Å²) in [5.74, 6) is -0.0172. The average molecular weight is 348 g/mol. The minimum atomic E-state index is -0.0172. The van der Waals surface area contributed by atoms with E-state index in [1.54, 1.807) is 6.20 Å². The number of nitrogens with one attached hydrogen (secondary N) is 2. The van der Waals surface area contributed by atoms with E-state index < -0.39 is 0 Å². The van der Waals surface area contributed by atoms with E-state index in [0.29, 0.717) is 6.54 Å². The van der Waals surface area contributed by atoms with Crippen LogP contribution in [-0.4, -0.2) is 40.9 Å². The molecule has 3 aromatic rings. The van der Waals surface area contributed by atoms with Crippen molar-refractivity contribution < 1.29 is 4.79 Å². The van der Waals surface area contributed by atoms with Gasteiger partial charge in [-0.3, -0.25) is 9.78 Å². The molecule has 1 aliphatic heterocycles.